The fourth-order valence-electron chi connectivity index (χ4n) is 0.344. The first kappa shape index (κ1) is 11.4. The average molecular weight is 174 g/mol. The lowest BCUT2D eigenvalue weighted by atomic mass is 10.0. The molecule has 1 unspecified atom stereocenters. The molecule has 70 valence electrons. The predicted molar refractivity (Wildman–Crippen MR) is 42.9 cm³/mol. The summed E-state index contributed by atoms with van der Waals surface area (Å²) in [6.07, 6.45) is -1.94. The Hall–Kier alpha value is -0.600. The first-order valence-electron chi connectivity index (χ1n) is 3.50. The monoisotopic (exact) mass is 174 g/mol. The van der Waals surface area contributed by atoms with Crippen molar-refractivity contribution < 1.29 is 20.4 Å². The standard InChI is InChI=1S/C8H14O4/c1-7(2,11)4-5-8(3,12)6(9)10/h6,9-12H,1-3H3. The van der Waals surface area contributed by atoms with E-state index >= 15 is 0 Å². The van der Waals surface area contributed by atoms with Gasteiger partial charge in [-0.3, -0.25) is 0 Å². The molecule has 0 fully saturated rings. The molecule has 0 spiro atoms. The molecule has 0 rings (SSSR count). The molecule has 0 aliphatic rings. The molecule has 0 aromatic carbocycles. The summed E-state index contributed by atoms with van der Waals surface area (Å²) in [5, 5.41) is 35.5. The van der Waals surface area contributed by atoms with Crippen molar-refractivity contribution in [3.8, 4) is 11.8 Å². The van der Waals surface area contributed by atoms with Gasteiger partial charge in [0.05, 0.1) is 0 Å². The van der Waals surface area contributed by atoms with Crippen LogP contribution in [0.25, 0.3) is 0 Å². The number of hydrogen-bond acceptors (Lipinski definition) is 4. The molecule has 0 aromatic rings. The van der Waals surface area contributed by atoms with Gasteiger partial charge in [0.25, 0.3) is 0 Å². The minimum atomic E-state index is -1.94. The van der Waals surface area contributed by atoms with Crippen molar-refractivity contribution in [3.63, 3.8) is 0 Å². The van der Waals surface area contributed by atoms with E-state index in [-0.39, 0.29) is 0 Å². The number of rotatable bonds is 1. The molecular weight excluding hydrogens is 160 g/mol. The van der Waals surface area contributed by atoms with E-state index in [1.807, 2.05) is 0 Å². The summed E-state index contributed by atoms with van der Waals surface area (Å²) in [5.41, 5.74) is -3.15. The van der Waals surface area contributed by atoms with Gasteiger partial charge in [-0.05, 0) is 20.8 Å². The number of aliphatic hydroxyl groups is 4. The summed E-state index contributed by atoms with van der Waals surface area (Å²) >= 11 is 0. The van der Waals surface area contributed by atoms with Crippen LogP contribution in [0, 0.1) is 11.8 Å². The molecule has 0 amide bonds. The van der Waals surface area contributed by atoms with Crippen LogP contribution in [-0.4, -0.2) is 37.9 Å². The van der Waals surface area contributed by atoms with Gasteiger partial charge in [0, 0.05) is 0 Å². The van der Waals surface area contributed by atoms with E-state index in [9.17, 15) is 5.11 Å². The maximum atomic E-state index is 9.17. The molecule has 0 aliphatic carbocycles. The molecule has 0 heterocycles. The second kappa shape index (κ2) is 3.42. The van der Waals surface area contributed by atoms with Gasteiger partial charge in [0.1, 0.15) is 5.60 Å². The van der Waals surface area contributed by atoms with E-state index in [1.54, 1.807) is 0 Å². The minimum Gasteiger partial charge on any atom is -0.378 e. The smallest absolute Gasteiger partial charge is 0.192 e. The lowest BCUT2D eigenvalue weighted by molar-refractivity contribution is -0.147. The Morgan fingerprint density at radius 3 is 1.67 bits per heavy atom. The van der Waals surface area contributed by atoms with E-state index in [0.717, 1.165) is 6.92 Å². The highest BCUT2D eigenvalue weighted by Crippen LogP contribution is 2.07. The van der Waals surface area contributed by atoms with Crippen LogP contribution < -0.4 is 0 Å². The lowest BCUT2D eigenvalue weighted by Gasteiger charge is -2.19. The molecule has 4 heteroatoms. The first-order chi connectivity index (χ1) is 5.15. The number of aliphatic hydroxyl groups excluding tert-OH is 1. The molecule has 0 radical (unpaired) electrons. The largest absolute Gasteiger partial charge is 0.378 e. The minimum absolute atomic E-state index is 1.15. The van der Waals surface area contributed by atoms with Crippen molar-refractivity contribution in [2.24, 2.45) is 0 Å². The van der Waals surface area contributed by atoms with E-state index in [2.05, 4.69) is 11.8 Å². The molecule has 1 atom stereocenters. The SMILES string of the molecule is CC(C)(O)C#CC(C)(O)C(O)O. The van der Waals surface area contributed by atoms with Crippen molar-refractivity contribution in [2.75, 3.05) is 0 Å². The first-order valence-corrected chi connectivity index (χ1v) is 3.50. The van der Waals surface area contributed by atoms with Gasteiger partial charge in [-0.2, -0.15) is 0 Å². The van der Waals surface area contributed by atoms with Gasteiger partial charge in [-0.15, -0.1) is 0 Å². The summed E-state index contributed by atoms with van der Waals surface area (Å²) in [6, 6.07) is 0. The van der Waals surface area contributed by atoms with Crippen molar-refractivity contribution >= 4 is 0 Å². The zero-order valence-electron chi connectivity index (χ0n) is 7.37. The molecule has 0 saturated heterocycles. The fourth-order valence-corrected chi connectivity index (χ4v) is 0.344. The fraction of sp³-hybridized carbons (Fsp3) is 0.750. The molecular formula is C8H14O4. The third-order valence-corrected chi connectivity index (χ3v) is 1.12. The van der Waals surface area contributed by atoms with Crippen LogP contribution in [0.1, 0.15) is 20.8 Å². The Bertz CT molecular complexity index is 201. The average Bonchev–Trinajstić information content (AvgIpc) is 1.82. The third kappa shape index (κ3) is 4.31. The Morgan fingerprint density at radius 1 is 1.00 bits per heavy atom. The maximum absolute atomic E-state index is 9.17. The van der Waals surface area contributed by atoms with Gasteiger partial charge in [-0.25, -0.2) is 0 Å². The Balaban J connectivity index is 4.50. The summed E-state index contributed by atoms with van der Waals surface area (Å²) in [7, 11) is 0. The highest BCUT2D eigenvalue weighted by molar-refractivity contribution is 5.18. The van der Waals surface area contributed by atoms with Crippen LogP contribution in [0.4, 0.5) is 0 Å². The van der Waals surface area contributed by atoms with Crippen molar-refractivity contribution in [1.82, 2.24) is 0 Å². The summed E-state index contributed by atoms with van der Waals surface area (Å²) in [5.74, 6) is 4.43. The van der Waals surface area contributed by atoms with Crippen LogP contribution in [-0.2, 0) is 0 Å². The van der Waals surface area contributed by atoms with Crippen molar-refractivity contribution in [3.05, 3.63) is 0 Å². The Labute approximate surface area is 71.5 Å². The van der Waals surface area contributed by atoms with Crippen molar-refractivity contribution in [2.45, 2.75) is 38.3 Å². The highest BCUT2D eigenvalue weighted by atomic mass is 16.5. The van der Waals surface area contributed by atoms with E-state index in [1.165, 1.54) is 13.8 Å². The van der Waals surface area contributed by atoms with Gasteiger partial charge < -0.3 is 20.4 Å². The van der Waals surface area contributed by atoms with Gasteiger partial charge in [-0.1, -0.05) is 11.8 Å². The summed E-state index contributed by atoms with van der Waals surface area (Å²) in [4.78, 5) is 0. The van der Waals surface area contributed by atoms with Gasteiger partial charge in [0.2, 0.25) is 0 Å². The highest BCUT2D eigenvalue weighted by Gasteiger charge is 2.26. The van der Waals surface area contributed by atoms with Crippen LogP contribution in [0.3, 0.4) is 0 Å². The second-order valence-corrected chi connectivity index (χ2v) is 3.33. The molecule has 4 N–H and O–H groups in total. The molecule has 0 aromatic heterocycles. The molecule has 12 heavy (non-hydrogen) atoms. The Morgan fingerprint density at radius 2 is 1.42 bits per heavy atom. The van der Waals surface area contributed by atoms with E-state index in [4.69, 9.17) is 15.3 Å². The van der Waals surface area contributed by atoms with Crippen LogP contribution in [0.15, 0.2) is 0 Å². The summed E-state index contributed by atoms with van der Waals surface area (Å²) < 4.78 is 0. The lowest BCUT2D eigenvalue weighted by Crippen LogP contribution is -2.38. The van der Waals surface area contributed by atoms with Crippen molar-refractivity contribution in [1.29, 1.82) is 0 Å². The third-order valence-electron chi connectivity index (χ3n) is 1.12. The zero-order valence-corrected chi connectivity index (χ0v) is 7.37. The summed E-state index contributed by atoms with van der Waals surface area (Å²) in [6.45, 7) is 4.01. The molecule has 0 saturated carbocycles. The molecule has 4 nitrogen and oxygen atoms in total. The van der Waals surface area contributed by atoms with Crippen LogP contribution in [0.2, 0.25) is 0 Å². The van der Waals surface area contributed by atoms with Gasteiger partial charge >= 0.3 is 0 Å². The van der Waals surface area contributed by atoms with Crippen LogP contribution in [0.5, 0.6) is 0 Å². The topological polar surface area (TPSA) is 80.9 Å². The normalized spacial score (nSPS) is 16.7. The van der Waals surface area contributed by atoms with Crippen LogP contribution >= 0.6 is 0 Å². The maximum Gasteiger partial charge on any atom is 0.192 e. The number of hydrogen-bond donors (Lipinski definition) is 4. The Kier molecular flexibility index (Phi) is 3.25. The zero-order chi connectivity index (χ0) is 9.99. The van der Waals surface area contributed by atoms with E-state index < -0.39 is 17.5 Å². The molecule has 0 aliphatic heterocycles. The van der Waals surface area contributed by atoms with E-state index in [0.29, 0.717) is 0 Å². The quantitative estimate of drug-likeness (QED) is 0.298. The second-order valence-electron chi connectivity index (χ2n) is 3.33. The van der Waals surface area contributed by atoms with Gasteiger partial charge in [0.15, 0.2) is 11.9 Å². The predicted octanol–water partition coefficient (Wildman–Crippen LogP) is -1.18. The molecule has 0 bridgehead atoms.